The zero-order valence-electron chi connectivity index (χ0n) is 20.8. The molecule has 1 amide bonds. The average molecular weight is 511 g/mol. The number of benzene rings is 2. The van der Waals surface area contributed by atoms with Crippen molar-refractivity contribution in [2.75, 3.05) is 38.1 Å². The number of rotatable bonds is 4. The SMILES string of the molecule is Cc1ccc(Cl)cc1-c1[nH]c(-c2ccncn2)c(C#Cc2ccc(N3CCN(C)CC3)cc2)c1C(N)=O. The molecule has 1 saturated heterocycles. The van der Waals surface area contributed by atoms with Gasteiger partial charge in [-0.15, -0.1) is 0 Å². The monoisotopic (exact) mass is 510 g/mol. The highest BCUT2D eigenvalue weighted by atomic mass is 35.5. The van der Waals surface area contributed by atoms with E-state index in [1.54, 1.807) is 12.3 Å². The van der Waals surface area contributed by atoms with Crippen LogP contribution in [0.3, 0.4) is 0 Å². The fraction of sp³-hybridized carbons (Fsp3) is 0.207. The van der Waals surface area contributed by atoms with E-state index in [2.05, 4.69) is 55.8 Å². The molecular formula is C29H27ClN6O. The van der Waals surface area contributed by atoms with Crippen LogP contribution < -0.4 is 10.6 Å². The lowest BCUT2D eigenvalue weighted by molar-refractivity contribution is 0.100. The molecule has 2 aromatic carbocycles. The predicted octanol–water partition coefficient (Wildman–Crippen LogP) is 4.35. The number of primary amides is 1. The van der Waals surface area contributed by atoms with Gasteiger partial charge in [0.2, 0.25) is 0 Å². The van der Waals surface area contributed by atoms with Gasteiger partial charge in [-0.25, -0.2) is 9.97 Å². The number of halogens is 1. The Labute approximate surface area is 221 Å². The van der Waals surface area contributed by atoms with E-state index in [0.717, 1.165) is 42.9 Å². The zero-order chi connectivity index (χ0) is 25.9. The highest BCUT2D eigenvalue weighted by molar-refractivity contribution is 6.31. The van der Waals surface area contributed by atoms with E-state index >= 15 is 0 Å². The second-order valence-electron chi connectivity index (χ2n) is 9.13. The van der Waals surface area contributed by atoms with E-state index in [1.807, 2.05) is 37.3 Å². The second-order valence-corrected chi connectivity index (χ2v) is 9.57. The highest BCUT2D eigenvalue weighted by Gasteiger charge is 2.24. The van der Waals surface area contributed by atoms with Crippen molar-refractivity contribution in [3.8, 4) is 34.5 Å². The smallest absolute Gasteiger partial charge is 0.252 e. The summed E-state index contributed by atoms with van der Waals surface area (Å²) in [5.74, 6) is 5.85. The number of aryl methyl sites for hydroxylation is 1. The van der Waals surface area contributed by atoms with Crippen LogP contribution >= 0.6 is 11.6 Å². The lowest BCUT2D eigenvalue weighted by atomic mass is 9.99. The Kier molecular flexibility index (Phi) is 6.95. The number of hydrogen-bond donors (Lipinski definition) is 2. The van der Waals surface area contributed by atoms with Gasteiger partial charge in [-0.05, 0) is 62.0 Å². The molecule has 8 heteroatoms. The number of piperazine rings is 1. The molecule has 186 valence electrons. The quantitative estimate of drug-likeness (QED) is 0.398. The lowest BCUT2D eigenvalue weighted by Crippen LogP contribution is -2.44. The molecule has 3 heterocycles. The van der Waals surface area contributed by atoms with Gasteiger partial charge in [0.25, 0.3) is 5.91 Å². The molecule has 2 aromatic heterocycles. The van der Waals surface area contributed by atoms with Gasteiger partial charge in [0.15, 0.2) is 0 Å². The van der Waals surface area contributed by atoms with E-state index in [-0.39, 0.29) is 0 Å². The third-order valence-electron chi connectivity index (χ3n) is 6.62. The largest absolute Gasteiger partial charge is 0.369 e. The van der Waals surface area contributed by atoms with E-state index in [9.17, 15) is 4.79 Å². The summed E-state index contributed by atoms with van der Waals surface area (Å²) < 4.78 is 0. The number of carbonyl (C=O) groups is 1. The molecule has 5 rings (SSSR count). The van der Waals surface area contributed by atoms with Crippen molar-refractivity contribution < 1.29 is 4.79 Å². The van der Waals surface area contributed by atoms with Gasteiger partial charge in [-0.3, -0.25) is 4.79 Å². The molecule has 0 atom stereocenters. The Morgan fingerprint density at radius 3 is 2.46 bits per heavy atom. The highest BCUT2D eigenvalue weighted by Crippen LogP contribution is 2.35. The first-order chi connectivity index (χ1) is 17.9. The molecular weight excluding hydrogens is 484 g/mol. The number of nitrogens with two attached hydrogens (primary N) is 1. The Morgan fingerprint density at radius 2 is 1.78 bits per heavy atom. The minimum atomic E-state index is -0.583. The summed E-state index contributed by atoms with van der Waals surface area (Å²) in [6, 6.07) is 15.5. The van der Waals surface area contributed by atoms with Crippen LogP contribution in [0.1, 0.15) is 27.0 Å². The van der Waals surface area contributed by atoms with Gasteiger partial charge in [0.05, 0.1) is 28.2 Å². The average Bonchev–Trinajstić information content (AvgIpc) is 3.30. The first kappa shape index (κ1) is 24.6. The number of hydrogen-bond acceptors (Lipinski definition) is 5. The van der Waals surface area contributed by atoms with Crippen molar-refractivity contribution in [3.63, 3.8) is 0 Å². The molecule has 3 N–H and O–H groups in total. The van der Waals surface area contributed by atoms with Gasteiger partial charge >= 0.3 is 0 Å². The Bertz CT molecular complexity index is 1490. The van der Waals surface area contributed by atoms with E-state index in [1.165, 1.54) is 12.0 Å². The van der Waals surface area contributed by atoms with Gasteiger partial charge in [0.1, 0.15) is 6.33 Å². The van der Waals surface area contributed by atoms with E-state index in [0.29, 0.717) is 33.2 Å². The Balaban J connectivity index is 1.58. The fourth-order valence-corrected chi connectivity index (χ4v) is 4.69. The maximum atomic E-state index is 12.8. The second kappa shape index (κ2) is 10.5. The van der Waals surface area contributed by atoms with Crippen LogP contribution in [0, 0.1) is 18.8 Å². The van der Waals surface area contributed by atoms with E-state index < -0.39 is 5.91 Å². The maximum Gasteiger partial charge on any atom is 0.252 e. The summed E-state index contributed by atoms with van der Waals surface area (Å²) in [5.41, 5.74) is 12.2. The van der Waals surface area contributed by atoms with Crippen LogP contribution in [0.2, 0.25) is 5.02 Å². The minimum Gasteiger partial charge on any atom is -0.369 e. The van der Waals surface area contributed by atoms with Crippen molar-refractivity contribution in [3.05, 3.63) is 88.3 Å². The molecule has 0 bridgehead atoms. The predicted molar refractivity (Wildman–Crippen MR) is 148 cm³/mol. The van der Waals surface area contributed by atoms with Crippen LogP contribution in [0.25, 0.3) is 22.6 Å². The number of likely N-dealkylation sites (N-methyl/N-ethyl adjacent to an activating group) is 1. The van der Waals surface area contributed by atoms with Crippen LogP contribution in [0.15, 0.2) is 61.1 Å². The molecule has 0 aliphatic carbocycles. The first-order valence-corrected chi connectivity index (χ1v) is 12.4. The first-order valence-electron chi connectivity index (χ1n) is 12.0. The van der Waals surface area contributed by atoms with Gasteiger partial charge in [-0.2, -0.15) is 0 Å². The summed E-state index contributed by atoms with van der Waals surface area (Å²) in [5, 5.41) is 0.558. The number of anilines is 1. The molecule has 0 saturated carbocycles. The molecule has 4 aromatic rings. The van der Waals surface area contributed by atoms with Crippen LogP contribution in [0.4, 0.5) is 5.69 Å². The van der Waals surface area contributed by atoms with Crippen molar-refractivity contribution in [2.45, 2.75) is 6.92 Å². The van der Waals surface area contributed by atoms with Gasteiger partial charge < -0.3 is 20.5 Å². The van der Waals surface area contributed by atoms with Crippen LogP contribution in [-0.2, 0) is 0 Å². The number of nitrogens with one attached hydrogen (secondary N) is 1. The lowest BCUT2D eigenvalue weighted by Gasteiger charge is -2.34. The third-order valence-corrected chi connectivity index (χ3v) is 6.86. The van der Waals surface area contributed by atoms with Crippen molar-refractivity contribution in [2.24, 2.45) is 5.73 Å². The summed E-state index contributed by atoms with van der Waals surface area (Å²) in [7, 11) is 2.15. The number of nitrogens with zero attached hydrogens (tertiary/aromatic N) is 4. The number of amides is 1. The Hall–Kier alpha value is -4.12. The molecule has 7 nitrogen and oxygen atoms in total. The summed E-state index contributed by atoms with van der Waals surface area (Å²) in [6.07, 6.45) is 3.10. The summed E-state index contributed by atoms with van der Waals surface area (Å²) in [4.78, 5) is 29.2. The zero-order valence-corrected chi connectivity index (χ0v) is 21.5. The summed E-state index contributed by atoms with van der Waals surface area (Å²) >= 11 is 6.29. The van der Waals surface area contributed by atoms with Crippen molar-refractivity contribution in [1.82, 2.24) is 19.9 Å². The number of H-pyrrole nitrogens is 1. The van der Waals surface area contributed by atoms with E-state index in [4.69, 9.17) is 17.3 Å². The minimum absolute atomic E-state index is 0.306. The molecule has 1 fully saturated rings. The van der Waals surface area contributed by atoms with Gasteiger partial charge in [-0.1, -0.05) is 29.5 Å². The molecule has 0 radical (unpaired) electrons. The molecule has 0 spiro atoms. The van der Waals surface area contributed by atoms with Crippen LogP contribution in [0.5, 0.6) is 0 Å². The standard InChI is InChI=1S/C29H27ClN6O/c1-19-3-7-21(30)17-24(19)28-26(29(31)37)23(27(34-28)25-11-12-32-18-33-25)10-6-20-4-8-22(9-5-20)36-15-13-35(2)14-16-36/h3-5,7-9,11-12,17-18,34H,13-16H2,1-2H3,(H2,31,37). The molecule has 0 unspecified atom stereocenters. The topological polar surface area (TPSA) is 91.1 Å². The van der Waals surface area contributed by atoms with Crippen molar-refractivity contribution >= 4 is 23.2 Å². The summed E-state index contributed by atoms with van der Waals surface area (Å²) in [6.45, 7) is 6.05. The normalized spacial score (nSPS) is 13.8. The van der Waals surface area contributed by atoms with Crippen LogP contribution in [-0.4, -0.2) is 59.0 Å². The van der Waals surface area contributed by atoms with Gasteiger partial charge in [0, 0.05) is 54.2 Å². The Morgan fingerprint density at radius 1 is 1.03 bits per heavy atom. The number of aromatic nitrogens is 3. The third kappa shape index (κ3) is 5.21. The maximum absolute atomic E-state index is 12.8. The number of carbonyl (C=O) groups excluding carboxylic acids is 1. The molecule has 1 aliphatic rings. The molecule has 37 heavy (non-hydrogen) atoms. The molecule has 1 aliphatic heterocycles. The number of aromatic amines is 1. The van der Waals surface area contributed by atoms with Crippen molar-refractivity contribution in [1.29, 1.82) is 0 Å². The fourth-order valence-electron chi connectivity index (χ4n) is 4.52.